The highest BCUT2D eigenvalue weighted by Crippen LogP contribution is 2.21. The van der Waals surface area contributed by atoms with Gasteiger partial charge >= 0.3 is 0 Å². The molecule has 2 rings (SSSR count). The summed E-state index contributed by atoms with van der Waals surface area (Å²) in [6.45, 7) is 4.59. The molecule has 2 N–H and O–H groups in total. The second-order valence-corrected chi connectivity index (χ2v) is 4.37. The zero-order valence-electron chi connectivity index (χ0n) is 11.4. The van der Waals surface area contributed by atoms with Gasteiger partial charge < -0.3 is 10.6 Å². The van der Waals surface area contributed by atoms with Crippen LogP contribution in [0.2, 0.25) is 0 Å². The van der Waals surface area contributed by atoms with Crippen LogP contribution in [-0.4, -0.2) is 16.5 Å². The maximum atomic E-state index is 13.6. The van der Waals surface area contributed by atoms with Gasteiger partial charge in [-0.1, -0.05) is 13.0 Å². The molecular formula is C14H16F2N4. The van der Waals surface area contributed by atoms with Gasteiger partial charge in [0.05, 0.1) is 5.69 Å². The monoisotopic (exact) mass is 278 g/mol. The number of hydrogen-bond acceptors (Lipinski definition) is 4. The normalized spacial score (nSPS) is 10.4. The minimum absolute atomic E-state index is 0.0459. The molecule has 20 heavy (non-hydrogen) atoms. The molecule has 0 saturated heterocycles. The molecule has 1 aromatic heterocycles. The van der Waals surface area contributed by atoms with Crippen LogP contribution in [-0.2, 0) is 0 Å². The molecular weight excluding hydrogens is 262 g/mol. The molecule has 0 amide bonds. The Hall–Kier alpha value is -2.24. The molecule has 0 aliphatic carbocycles. The van der Waals surface area contributed by atoms with Gasteiger partial charge in [-0.3, -0.25) is 0 Å². The van der Waals surface area contributed by atoms with Gasteiger partial charge in [-0.2, -0.15) is 4.98 Å². The number of aromatic nitrogens is 2. The Kier molecular flexibility index (Phi) is 4.45. The first-order valence-corrected chi connectivity index (χ1v) is 6.40. The van der Waals surface area contributed by atoms with Crippen molar-refractivity contribution in [3.8, 4) is 0 Å². The lowest BCUT2D eigenvalue weighted by Gasteiger charge is -2.10. The van der Waals surface area contributed by atoms with E-state index >= 15 is 0 Å². The van der Waals surface area contributed by atoms with Gasteiger partial charge in [-0.05, 0) is 25.5 Å². The number of aryl methyl sites for hydroxylation is 1. The van der Waals surface area contributed by atoms with E-state index in [1.807, 2.05) is 13.8 Å². The summed E-state index contributed by atoms with van der Waals surface area (Å²) in [6, 6.07) is 5.63. The highest BCUT2D eigenvalue weighted by Gasteiger charge is 2.09. The van der Waals surface area contributed by atoms with Gasteiger partial charge in [0, 0.05) is 18.3 Å². The van der Waals surface area contributed by atoms with Gasteiger partial charge in [0.1, 0.15) is 5.82 Å². The van der Waals surface area contributed by atoms with Crippen LogP contribution in [0.15, 0.2) is 24.3 Å². The fourth-order valence-electron chi connectivity index (χ4n) is 1.69. The number of nitrogens with zero attached hydrogens (tertiary/aromatic N) is 2. The first-order valence-electron chi connectivity index (χ1n) is 6.40. The van der Waals surface area contributed by atoms with Crippen LogP contribution in [0.1, 0.15) is 19.0 Å². The SMILES string of the molecule is CCCNc1nc(C)cc(Nc2cccc(F)c2F)n1. The first-order chi connectivity index (χ1) is 9.60. The molecule has 106 valence electrons. The third kappa shape index (κ3) is 3.40. The number of benzene rings is 1. The van der Waals surface area contributed by atoms with Crippen LogP contribution in [0.3, 0.4) is 0 Å². The fourth-order valence-corrected chi connectivity index (χ4v) is 1.69. The average Bonchev–Trinajstić information content (AvgIpc) is 2.41. The fraction of sp³-hybridized carbons (Fsp3) is 0.286. The quantitative estimate of drug-likeness (QED) is 0.877. The summed E-state index contributed by atoms with van der Waals surface area (Å²) < 4.78 is 26.7. The van der Waals surface area contributed by atoms with Crippen LogP contribution in [0.4, 0.5) is 26.2 Å². The van der Waals surface area contributed by atoms with Gasteiger partial charge in [0.25, 0.3) is 0 Å². The van der Waals surface area contributed by atoms with Crippen molar-refractivity contribution in [2.45, 2.75) is 20.3 Å². The Morgan fingerprint density at radius 3 is 2.75 bits per heavy atom. The minimum Gasteiger partial charge on any atom is -0.354 e. The van der Waals surface area contributed by atoms with E-state index in [2.05, 4.69) is 20.6 Å². The summed E-state index contributed by atoms with van der Waals surface area (Å²) in [6.07, 6.45) is 0.943. The molecule has 0 aliphatic rings. The van der Waals surface area contributed by atoms with E-state index in [9.17, 15) is 8.78 Å². The highest BCUT2D eigenvalue weighted by atomic mass is 19.2. The van der Waals surface area contributed by atoms with Crippen LogP contribution in [0.25, 0.3) is 0 Å². The largest absolute Gasteiger partial charge is 0.354 e. The molecule has 0 fully saturated rings. The third-order valence-electron chi connectivity index (χ3n) is 2.60. The van der Waals surface area contributed by atoms with Crippen molar-refractivity contribution in [3.05, 3.63) is 41.6 Å². The first kappa shape index (κ1) is 14.2. The van der Waals surface area contributed by atoms with Crippen LogP contribution in [0.5, 0.6) is 0 Å². The van der Waals surface area contributed by atoms with E-state index < -0.39 is 11.6 Å². The Balaban J connectivity index is 2.24. The van der Waals surface area contributed by atoms with Crippen molar-refractivity contribution in [1.29, 1.82) is 0 Å². The molecule has 0 radical (unpaired) electrons. The van der Waals surface area contributed by atoms with Gasteiger partial charge in [-0.15, -0.1) is 0 Å². The number of nitrogens with one attached hydrogen (secondary N) is 2. The average molecular weight is 278 g/mol. The van der Waals surface area contributed by atoms with E-state index in [4.69, 9.17) is 0 Å². The molecule has 1 heterocycles. The van der Waals surface area contributed by atoms with Crippen LogP contribution < -0.4 is 10.6 Å². The van der Waals surface area contributed by atoms with Crippen molar-refractivity contribution in [2.24, 2.45) is 0 Å². The lowest BCUT2D eigenvalue weighted by molar-refractivity contribution is 0.511. The van der Waals surface area contributed by atoms with Gasteiger partial charge in [0.2, 0.25) is 5.95 Å². The summed E-state index contributed by atoms with van der Waals surface area (Å²) in [7, 11) is 0. The van der Waals surface area contributed by atoms with Crippen molar-refractivity contribution in [1.82, 2.24) is 9.97 Å². The molecule has 0 saturated carbocycles. The Morgan fingerprint density at radius 2 is 2.00 bits per heavy atom. The predicted molar refractivity (Wildman–Crippen MR) is 75.2 cm³/mol. The number of anilines is 3. The summed E-state index contributed by atoms with van der Waals surface area (Å²) >= 11 is 0. The Bertz CT molecular complexity index is 602. The maximum Gasteiger partial charge on any atom is 0.224 e. The lowest BCUT2D eigenvalue weighted by atomic mass is 10.3. The Labute approximate surface area is 116 Å². The highest BCUT2D eigenvalue weighted by molar-refractivity contribution is 5.58. The Morgan fingerprint density at radius 1 is 1.20 bits per heavy atom. The number of halogens is 2. The van der Waals surface area contributed by atoms with E-state index in [1.54, 1.807) is 6.07 Å². The minimum atomic E-state index is -0.924. The molecule has 2 aromatic rings. The second kappa shape index (κ2) is 6.27. The molecule has 0 spiro atoms. The van der Waals surface area contributed by atoms with E-state index in [0.29, 0.717) is 11.8 Å². The van der Waals surface area contributed by atoms with Gasteiger partial charge in [0.15, 0.2) is 11.6 Å². The smallest absolute Gasteiger partial charge is 0.224 e. The molecule has 0 unspecified atom stereocenters. The van der Waals surface area contributed by atoms with E-state index in [1.165, 1.54) is 12.1 Å². The summed E-state index contributed by atoms with van der Waals surface area (Å²) in [4.78, 5) is 8.44. The molecule has 0 bridgehead atoms. The topological polar surface area (TPSA) is 49.8 Å². The lowest BCUT2D eigenvalue weighted by Crippen LogP contribution is -2.07. The van der Waals surface area contributed by atoms with Gasteiger partial charge in [-0.25, -0.2) is 13.8 Å². The molecule has 6 heteroatoms. The molecule has 0 atom stereocenters. The number of rotatable bonds is 5. The predicted octanol–water partition coefficient (Wildman–Crippen LogP) is 3.63. The maximum absolute atomic E-state index is 13.6. The van der Waals surface area contributed by atoms with Crippen LogP contribution >= 0.6 is 0 Å². The summed E-state index contributed by atoms with van der Waals surface area (Å²) in [5.74, 6) is -0.941. The van der Waals surface area contributed by atoms with E-state index in [0.717, 1.165) is 24.7 Å². The zero-order chi connectivity index (χ0) is 14.5. The van der Waals surface area contributed by atoms with Crippen molar-refractivity contribution in [3.63, 3.8) is 0 Å². The molecule has 0 aliphatic heterocycles. The second-order valence-electron chi connectivity index (χ2n) is 4.37. The summed E-state index contributed by atoms with van der Waals surface area (Å²) in [5.41, 5.74) is 0.780. The van der Waals surface area contributed by atoms with Crippen molar-refractivity contribution < 1.29 is 8.78 Å². The third-order valence-corrected chi connectivity index (χ3v) is 2.60. The van der Waals surface area contributed by atoms with Crippen molar-refractivity contribution in [2.75, 3.05) is 17.2 Å². The van der Waals surface area contributed by atoms with E-state index in [-0.39, 0.29) is 5.69 Å². The van der Waals surface area contributed by atoms with Crippen molar-refractivity contribution >= 4 is 17.5 Å². The molecule has 1 aromatic carbocycles. The molecule has 4 nitrogen and oxygen atoms in total. The van der Waals surface area contributed by atoms with Crippen LogP contribution in [0, 0.1) is 18.6 Å². The number of hydrogen-bond donors (Lipinski definition) is 2. The zero-order valence-corrected chi connectivity index (χ0v) is 11.4. The standard InChI is InChI=1S/C14H16F2N4/c1-3-7-17-14-18-9(2)8-12(20-14)19-11-6-4-5-10(15)13(11)16/h4-6,8H,3,7H2,1-2H3,(H2,17,18,19,20). The summed E-state index contributed by atoms with van der Waals surface area (Å²) in [5, 5.41) is 5.82.